The molecular formula is C26H23BrCl2N4O5. The average molecular weight is 622 g/mol. The normalized spacial score (nSPS) is 10.7. The average Bonchev–Trinajstić information content (AvgIpc) is 2.89. The van der Waals surface area contributed by atoms with Gasteiger partial charge in [-0.05, 0) is 58.2 Å². The molecule has 0 unspecified atom stereocenters. The van der Waals surface area contributed by atoms with Gasteiger partial charge in [0.1, 0.15) is 0 Å². The number of nitrogens with zero attached hydrogens (tertiary/aromatic N) is 1. The van der Waals surface area contributed by atoms with E-state index in [4.69, 9.17) is 32.7 Å². The fraction of sp³-hybridized carbons (Fsp3) is 0.154. The highest BCUT2D eigenvalue weighted by Gasteiger charge is 2.15. The molecule has 3 aromatic carbocycles. The van der Waals surface area contributed by atoms with Gasteiger partial charge in [-0.2, -0.15) is 5.10 Å². The van der Waals surface area contributed by atoms with Gasteiger partial charge in [-0.3, -0.25) is 14.4 Å². The summed E-state index contributed by atoms with van der Waals surface area (Å²) in [6.45, 7) is 1.84. The topological polar surface area (TPSA) is 118 Å². The molecule has 0 aromatic heterocycles. The number of anilines is 1. The third-order valence-electron chi connectivity index (χ3n) is 4.98. The molecule has 3 N–H and O–H groups in total. The van der Waals surface area contributed by atoms with Crippen LogP contribution >= 0.6 is 39.1 Å². The predicted octanol–water partition coefficient (Wildman–Crippen LogP) is 4.86. The Labute approximate surface area is 237 Å². The Kier molecular flexibility index (Phi) is 10.5. The first kappa shape index (κ1) is 29.0. The number of benzene rings is 3. The number of carbonyl (C=O) groups excluding carboxylic acids is 3. The van der Waals surface area contributed by atoms with E-state index < -0.39 is 17.7 Å². The summed E-state index contributed by atoms with van der Waals surface area (Å²) in [6.07, 6.45) is 1.33. The molecule has 0 spiro atoms. The lowest BCUT2D eigenvalue weighted by atomic mass is 10.1. The molecule has 3 rings (SSSR count). The van der Waals surface area contributed by atoms with Crippen LogP contribution < -0.4 is 25.5 Å². The first-order valence-electron chi connectivity index (χ1n) is 11.1. The Hall–Kier alpha value is -3.60. The van der Waals surface area contributed by atoms with Gasteiger partial charge in [0.05, 0.1) is 33.5 Å². The molecule has 0 fully saturated rings. The molecular weight excluding hydrogens is 599 g/mol. The van der Waals surface area contributed by atoms with E-state index in [0.29, 0.717) is 26.5 Å². The maximum absolute atomic E-state index is 12.3. The maximum atomic E-state index is 12.3. The molecule has 0 saturated carbocycles. The largest absolute Gasteiger partial charge is 0.493 e. The number of amides is 3. The summed E-state index contributed by atoms with van der Waals surface area (Å²) in [5.74, 6) is -1.61. The summed E-state index contributed by atoms with van der Waals surface area (Å²) < 4.78 is 11.5. The van der Waals surface area contributed by atoms with Gasteiger partial charge in [-0.25, -0.2) is 5.43 Å². The molecule has 0 atom stereocenters. The molecule has 0 heterocycles. The second-order valence-electron chi connectivity index (χ2n) is 7.84. The van der Waals surface area contributed by atoms with Gasteiger partial charge in [0.25, 0.3) is 5.91 Å². The number of halogens is 3. The predicted molar refractivity (Wildman–Crippen MR) is 150 cm³/mol. The molecule has 3 amide bonds. The minimum absolute atomic E-state index is 0.214. The van der Waals surface area contributed by atoms with Crippen molar-refractivity contribution < 1.29 is 23.9 Å². The highest BCUT2D eigenvalue weighted by Crippen LogP contribution is 2.36. The van der Waals surface area contributed by atoms with Gasteiger partial charge in [-0.1, -0.05) is 59.1 Å². The zero-order chi connectivity index (χ0) is 27.7. The molecule has 0 aliphatic heterocycles. The molecule has 12 heteroatoms. The lowest BCUT2D eigenvalue weighted by Crippen LogP contribution is -2.37. The van der Waals surface area contributed by atoms with Crippen LogP contribution in [0.1, 0.15) is 16.7 Å². The van der Waals surface area contributed by atoms with Gasteiger partial charge >= 0.3 is 11.8 Å². The summed E-state index contributed by atoms with van der Waals surface area (Å²) in [4.78, 5) is 36.4. The van der Waals surface area contributed by atoms with Gasteiger partial charge in [-0.15, -0.1) is 0 Å². The maximum Gasteiger partial charge on any atom is 0.329 e. The zero-order valence-electron chi connectivity index (χ0n) is 20.3. The molecule has 38 heavy (non-hydrogen) atoms. The number of ether oxygens (including phenoxy) is 2. The van der Waals surface area contributed by atoms with Crippen LogP contribution in [0.2, 0.25) is 10.0 Å². The van der Waals surface area contributed by atoms with E-state index >= 15 is 0 Å². The van der Waals surface area contributed by atoms with Crippen LogP contribution in [0.5, 0.6) is 11.5 Å². The van der Waals surface area contributed by atoms with Crippen molar-refractivity contribution in [3.63, 3.8) is 0 Å². The minimum Gasteiger partial charge on any atom is -0.493 e. The van der Waals surface area contributed by atoms with E-state index in [-0.39, 0.29) is 23.9 Å². The van der Waals surface area contributed by atoms with Crippen molar-refractivity contribution in [1.82, 2.24) is 10.7 Å². The number of hydrazone groups is 1. The lowest BCUT2D eigenvalue weighted by molar-refractivity contribution is -0.139. The van der Waals surface area contributed by atoms with E-state index in [1.165, 1.54) is 13.3 Å². The lowest BCUT2D eigenvalue weighted by Gasteiger charge is -2.14. The van der Waals surface area contributed by atoms with Crippen molar-refractivity contribution in [2.45, 2.75) is 13.5 Å². The van der Waals surface area contributed by atoms with Crippen molar-refractivity contribution in [2.75, 3.05) is 19.0 Å². The summed E-state index contributed by atoms with van der Waals surface area (Å²) >= 11 is 15.4. The molecule has 0 saturated heterocycles. The van der Waals surface area contributed by atoms with E-state index in [2.05, 4.69) is 37.1 Å². The zero-order valence-corrected chi connectivity index (χ0v) is 23.4. The Morgan fingerprint density at radius 3 is 2.50 bits per heavy atom. The van der Waals surface area contributed by atoms with Crippen LogP contribution in [0.3, 0.4) is 0 Å². The fourth-order valence-electron chi connectivity index (χ4n) is 3.06. The summed E-state index contributed by atoms with van der Waals surface area (Å²) in [6, 6.07) is 15.7. The van der Waals surface area contributed by atoms with Crippen molar-refractivity contribution >= 4 is 68.8 Å². The number of rotatable bonds is 9. The SMILES string of the molecule is COc1cc(/C=N\NC(=O)C(=O)NCc2ccc(C)cc2)cc(Br)c1OCC(=O)Nc1cccc(Cl)c1Cl. The second-order valence-corrected chi connectivity index (χ2v) is 9.48. The van der Waals surface area contributed by atoms with Gasteiger partial charge < -0.3 is 20.1 Å². The molecule has 198 valence electrons. The molecule has 0 radical (unpaired) electrons. The summed E-state index contributed by atoms with van der Waals surface area (Å²) in [7, 11) is 1.43. The highest BCUT2D eigenvalue weighted by atomic mass is 79.9. The standard InChI is InChI=1S/C26H23BrCl2N4O5/c1-15-6-8-16(9-7-15)12-30-25(35)26(36)33-31-13-17-10-18(27)24(21(11-17)37-2)38-14-22(34)32-20-5-3-4-19(28)23(20)29/h3-11,13H,12,14H2,1-2H3,(H,30,35)(H,32,34)(H,33,36)/b31-13-. The van der Waals surface area contributed by atoms with Gasteiger partial charge in [0.2, 0.25) is 0 Å². The molecule has 0 aliphatic carbocycles. The third kappa shape index (κ3) is 8.20. The number of hydrogen-bond donors (Lipinski definition) is 3. The molecule has 0 aliphatic rings. The van der Waals surface area contributed by atoms with Crippen molar-refractivity contribution in [3.8, 4) is 11.5 Å². The van der Waals surface area contributed by atoms with E-state index in [1.54, 1.807) is 30.3 Å². The minimum atomic E-state index is -0.912. The summed E-state index contributed by atoms with van der Waals surface area (Å²) in [5, 5.41) is 9.51. The monoisotopic (exact) mass is 620 g/mol. The smallest absolute Gasteiger partial charge is 0.329 e. The first-order valence-corrected chi connectivity index (χ1v) is 12.6. The van der Waals surface area contributed by atoms with Crippen LogP contribution in [0.25, 0.3) is 0 Å². The van der Waals surface area contributed by atoms with Crippen LogP contribution in [0.15, 0.2) is 64.2 Å². The quantitative estimate of drug-likeness (QED) is 0.179. The van der Waals surface area contributed by atoms with Gasteiger partial charge in [0.15, 0.2) is 18.1 Å². The first-order chi connectivity index (χ1) is 18.2. The van der Waals surface area contributed by atoms with Crippen LogP contribution in [0.4, 0.5) is 5.69 Å². The van der Waals surface area contributed by atoms with Crippen molar-refractivity contribution in [3.05, 3.63) is 85.8 Å². The van der Waals surface area contributed by atoms with E-state index in [0.717, 1.165) is 11.1 Å². The van der Waals surface area contributed by atoms with E-state index in [1.807, 2.05) is 31.2 Å². The fourth-order valence-corrected chi connectivity index (χ4v) is 3.99. The number of nitrogens with one attached hydrogen (secondary N) is 3. The Bertz CT molecular complexity index is 1370. The Morgan fingerprint density at radius 2 is 1.79 bits per heavy atom. The second kappa shape index (κ2) is 13.8. The third-order valence-corrected chi connectivity index (χ3v) is 6.39. The van der Waals surface area contributed by atoms with Crippen LogP contribution in [-0.4, -0.2) is 37.7 Å². The van der Waals surface area contributed by atoms with E-state index in [9.17, 15) is 14.4 Å². The van der Waals surface area contributed by atoms with Gasteiger partial charge in [0, 0.05) is 6.54 Å². The van der Waals surface area contributed by atoms with Crippen molar-refractivity contribution in [2.24, 2.45) is 5.10 Å². The van der Waals surface area contributed by atoms with Crippen molar-refractivity contribution in [1.29, 1.82) is 0 Å². The van der Waals surface area contributed by atoms with Crippen LogP contribution in [-0.2, 0) is 20.9 Å². The Morgan fingerprint density at radius 1 is 1.05 bits per heavy atom. The Balaban J connectivity index is 1.55. The molecule has 0 bridgehead atoms. The molecule has 9 nitrogen and oxygen atoms in total. The number of carbonyl (C=O) groups is 3. The molecule has 3 aromatic rings. The highest BCUT2D eigenvalue weighted by molar-refractivity contribution is 9.10. The summed E-state index contributed by atoms with van der Waals surface area (Å²) in [5.41, 5.74) is 5.02. The van der Waals surface area contributed by atoms with Crippen LogP contribution in [0, 0.1) is 6.92 Å². The number of methoxy groups -OCH3 is 1. The number of hydrogen-bond acceptors (Lipinski definition) is 6. The number of aryl methyl sites for hydroxylation is 1.